The van der Waals surface area contributed by atoms with Crippen molar-refractivity contribution >= 4 is 28.5 Å². The Bertz CT molecular complexity index is 1040. The van der Waals surface area contributed by atoms with E-state index in [0.29, 0.717) is 5.39 Å². The third kappa shape index (κ3) is 3.81. The quantitative estimate of drug-likeness (QED) is 0.516. The maximum atomic E-state index is 13.8. The zero-order chi connectivity index (χ0) is 22.1. The molecular formula is C22H19F3O5. The second-order valence-electron chi connectivity index (χ2n) is 6.68. The van der Waals surface area contributed by atoms with Crippen molar-refractivity contribution in [3.63, 3.8) is 0 Å². The lowest BCUT2D eigenvalue weighted by Crippen LogP contribution is -2.49. The number of carbonyl (C=O) groups excluding carboxylic acids is 3. The second kappa shape index (κ2) is 8.30. The maximum absolute atomic E-state index is 13.8. The summed E-state index contributed by atoms with van der Waals surface area (Å²) >= 11 is 0. The lowest BCUT2D eigenvalue weighted by atomic mass is 9.64. The summed E-state index contributed by atoms with van der Waals surface area (Å²) in [5.74, 6) is -6.78. The Morgan fingerprint density at radius 1 is 0.900 bits per heavy atom. The highest BCUT2D eigenvalue weighted by Gasteiger charge is 2.61. The number of halogens is 3. The molecule has 0 radical (unpaired) electrons. The Morgan fingerprint density at radius 2 is 1.53 bits per heavy atom. The molecule has 0 saturated heterocycles. The van der Waals surface area contributed by atoms with Crippen molar-refractivity contribution in [3.05, 3.63) is 59.2 Å². The summed E-state index contributed by atoms with van der Waals surface area (Å²) in [6, 6.07) is 11.5. The Morgan fingerprint density at radius 3 is 2.13 bits per heavy atom. The van der Waals surface area contributed by atoms with Crippen molar-refractivity contribution in [2.45, 2.75) is 20.0 Å². The smallest absolute Gasteiger partial charge is 0.413 e. The molecule has 0 fully saturated rings. The number of esters is 2. The molecule has 0 amide bonds. The molecule has 0 unspecified atom stereocenters. The van der Waals surface area contributed by atoms with Crippen LogP contribution in [0.4, 0.5) is 13.2 Å². The molecule has 2 aromatic carbocycles. The van der Waals surface area contributed by atoms with Gasteiger partial charge in [-0.1, -0.05) is 36.4 Å². The normalized spacial score (nSPS) is 18.7. The molecule has 0 saturated carbocycles. The van der Waals surface area contributed by atoms with Crippen molar-refractivity contribution in [2.24, 2.45) is 11.8 Å². The fraction of sp³-hybridized carbons (Fsp3) is 0.318. The first-order valence-electron chi connectivity index (χ1n) is 9.38. The summed E-state index contributed by atoms with van der Waals surface area (Å²) in [6.45, 7) is 2.63. The van der Waals surface area contributed by atoms with Crippen LogP contribution in [-0.4, -0.2) is 37.1 Å². The predicted molar refractivity (Wildman–Crippen MR) is 102 cm³/mol. The van der Waals surface area contributed by atoms with E-state index in [1.165, 1.54) is 26.0 Å². The zero-order valence-electron chi connectivity index (χ0n) is 16.3. The number of hydrogen-bond acceptors (Lipinski definition) is 5. The summed E-state index contributed by atoms with van der Waals surface area (Å²) in [6.07, 6.45) is -4.98. The fourth-order valence-electron chi connectivity index (χ4n) is 3.64. The van der Waals surface area contributed by atoms with E-state index in [2.05, 4.69) is 0 Å². The van der Waals surface area contributed by atoms with Gasteiger partial charge in [-0.05, 0) is 30.7 Å². The first-order valence-corrected chi connectivity index (χ1v) is 9.38. The summed E-state index contributed by atoms with van der Waals surface area (Å²) < 4.78 is 50.9. The molecule has 5 nitrogen and oxygen atoms in total. The van der Waals surface area contributed by atoms with Gasteiger partial charge in [-0.15, -0.1) is 0 Å². The molecule has 1 aliphatic carbocycles. The maximum Gasteiger partial charge on any atom is 0.413 e. The highest BCUT2D eigenvalue weighted by Crippen LogP contribution is 2.51. The van der Waals surface area contributed by atoms with E-state index in [4.69, 9.17) is 9.47 Å². The molecular weight excluding hydrogens is 401 g/mol. The van der Waals surface area contributed by atoms with Crippen molar-refractivity contribution in [2.75, 3.05) is 13.2 Å². The molecule has 0 aliphatic heterocycles. The number of alkyl halides is 3. The molecule has 158 valence electrons. The van der Waals surface area contributed by atoms with Crippen LogP contribution in [0.2, 0.25) is 0 Å². The van der Waals surface area contributed by atoms with Crippen molar-refractivity contribution in [1.29, 1.82) is 0 Å². The molecule has 30 heavy (non-hydrogen) atoms. The lowest BCUT2D eigenvalue weighted by molar-refractivity contribution is -0.157. The standard InChI is InChI=1S/C22H19F3O5/c1-3-29-20(27)15-16(18(22(23,24)25)17(15)21(28)30-4-2)19(26)14-10-9-12-7-5-6-8-13(12)11-14/h5-11,15-16H,3-4H2,1-2H3/t15-,16-/m1/s1. The minimum Gasteiger partial charge on any atom is -0.465 e. The highest BCUT2D eigenvalue weighted by molar-refractivity contribution is 6.11. The van der Waals surface area contributed by atoms with Crippen molar-refractivity contribution in [3.8, 4) is 0 Å². The van der Waals surface area contributed by atoms with Gasteiger partial charge in [0.15, 0.2) is 5.78 Å². The van der Waals surface area contributed by atoms with Crippen LogP contribution in [0.3, 0.4) is 0 Å². The third-order valence-corrected chi connectivity index (χ3v) is 4.90. The number of ether oxygens (including phenoxy) is 2. The van der Waals surface area contributed by atoms with Gasteiger partial charge in [0.25, 0.3) is 0 Å². The number of carbonyl (C=O) groups is 3. The Kier molecular flexibility index (Phi) is 5.96. The van der Waals surface area contributed by atoms with Gasteiger partial charge in [-0.25, -0.2) is 4.79 Å². The van der Waals surface area contributed by atoms with Crippen LogP contribution in [0.5, 0.6) is 0 Å². The molecule has 0 heterocycles. The molecule has 0 bridgehead atoms. The molecule has 2 atom stereocenters. The summed E-state index contributed by atoms with van der Waals surface area (Å²) in [4.78, 5) is 37.7. The largest absolute Gasteiger partial charge is 0.465 e. The van der Waals surface area contributed by atoms with Gasteiger partial charge in [-0.3, -0.25) is 9.59 Å². The number of Topliss-reactive ketones (excluding diaryl/α,β-unsaturated/α-hetero) is 1. The Hall–Kier alpha value is -3.16. The average molecular weight is 420 g/mol. The molecule has 0 aromatic heterocycles. The van der Waals surface area contributed by atoms with Gasteiger partial charge >= 0.3 is 18.1 Å². The van der Waals surface area contributed by atoms with E-state index < -0.39 is 46.9 Å². The van der Waals surface area contributed by atoms with E-state index in [1.54, 1.807) is 30.3 Å². The highest BCUT2D eigenvalue weighted by atomic mass is 19.4. The number of rotatable bonds is 6. The second-order valence-corrected chi connectivity index (χ2v) is 6.68. The fourth-order valence-corrected chi connectivity index (χ4v) is 3.64. The molecule has 3 rings (SSSR count). The zero-order valence-corrected chi connectivity index (χ0v) is 16.3. The minimum atomic E-state index is -4.98. The molecule has 2 aromatic rings. The van der Waals surface area contributed by atoms with Crippen molar-refractivity contribution in [1.82, 2.24) is 0 Å². The lowest BCUT2D eigenvalue weighted by Gasteiger charge is -2.38. The monoisotopic (exact) mass is 420 g/mol. The predicted octanol–water partition coefficient (Wildman–Crippen LogP) is 4.25. The van der Waals surface area contributed by atoms with Gasteiger partial charge < -0.3 is 9.47 Å². The SMILES string of the molecule is CCOC(=O)C1=C(C(F)(F)F)[C@H](C(=O)c2ccc3ccccc3c2)[C@H]1C(=O)OCC. The van der Waals surface area contributed by atoms with E-state index in [9.17, 15) is 27.6 Å². The van der Waals surface area contributed by atoms with Gasteiger partial charge in [0.2, 0.25) is 0 Å². The topological polar surface area (TPSA) is 69.7 Å². The van der Waals surface area contributed by atoms with Crippen LogP contribution in [0.15, 0.2) is 53.6 Å². The summed E-state index contributed by atoms with van der Waals surface area (Å²) in [7, 11) is 0. The van der Waals surface area contributed by atoms with E-state index >= 15 is 0 Å². The van der Waals surface area contributed by atoms with Crippen LogP contribution in [0, 0.1) is 11.8 Å². The first kappa shape index (κ1) is 21.5. The number of allylic oxidation sites excluding steroid dienone is 1. The number of benzene rings is 2. The third-order valence-electron chi connectivity index (χ3n) is 4.90. The Labute approximate surface area is 170 Å². The Balaban J connectivity index is 2.11. The summed E-state index contributed by atoms with van der Waals surface area (Å²) in [5.41, 5.74) is -2.20. The molecule has 1 aliphatic rings. The van der Waals surface area contributed by atoms with Gasteiger partial charge in [0, 0.05) is 5.56 Å². The van der Waals surface area contributed by atoms with E-state index in [0.717, 1.165) is 5.39 Å². The van der Waals surface area contributed by atoms with Gasteiger partial charge in [-0.2, -0.15) is 13.2 Å². The number of ketones is 1. The average Bonchev–Trinajstić information content (AvgIpc) is 2.66. The van der Waals surface area contributed by atoms with Crippen LogP contribution in [0.1, 0.15) is 24.2 Å². The van der Waals surface area contributed by atoms with Crippen LogP contribution in [0.25, 0.3) is 10.8 Å². The minimum absolute atomic E-state index is 0.0117. The molecule has 8 heteroatoms. The number of hydrogen-bond donors (Lipinski definition) is 0. The van der Waals surface area contributed by atoms with Crippen LogP contribution in [-0.2, 0) is 19.1 Å². The van der Waals surface area contributed by atoms with Crippen molar-refractivity contribution < 1.29 is 37.0 Å². The van der Waals surface area contributed by atoms with E-state index in [-0.39, 0.29) is 18.8 Å². The summed E-state index contributed by atoms with van der Waals surface area (Å²) in [5, 5.41) is 1.47. The first-order chi connectivity index (χ1) is 14.2. The van der Waals surface area contributed by atoms with Gasteiger partial charge in [0.05, 0.1) is 30.3 Å². The number of fused-ring (bicyclic) bond motifs is 1. The molecule has 0 N–H and O–H groups in total. The van der Waals surface area contributed by atoms with E-state index in [1.807, 2.05) is 0 Å². The van der Waals surface area contributed by atoms with Crippen LogP contribution >= 0.6 is 0 Å². The van der Waals surface area contributed by atoms with Gasteiger partial charge in [0.1, 0.15) is 5.92 Å². The van der Waals surface area contributed by atoms with Crippen LogP contribution < -0.4 is 0 Å². The molecule has 0 spiro atoms.